The van der Waals surface area contributed by atoms with E-state index in [0.29, 0.717) is 25.5 Å². The van der Waals surface area contributed by atoms with E-state index in [2.05, 4.69) is 36.8 Å². The highest BCUT2D eigenvalue weighted by molar-refractivity contribution is 9.11. The van der Waals surface area contributed by atoms with Gasteiger partial charge in [-0.3, -0.25) is 4.98 Å². The molecule has 1 aliphatic rings. The molecule has 94 valence electrons. The van der Waals surface area contributed by atoms with Crippen LogP contribution in [0.3, 0.4) is 0 Å². The van der Waals surface area contributed by atoms with E-state index in [1.807, 2.05) is 6.07 Å². The van der Waals surface area contributed by atoms with E-state index in [4.69, 9.17) is 10.5 Å². The van der Waals surface area contributed by atoms with Crippen molar-refractivity contribution < 1.29 is 9.84 Å². The van der Waals surface area contributed by atoms with Gasteiger partial charge in [0.2, 0.25) is 0 Å². The first kappa shape index (κ1) is 13.4. The van der Waals surface area contributed by atoms with E-state index >= 15 is 0 Å². The second-order valence-electron chi connectivity index (χ2n) is 4.29. The Balaban J connectivity index is 2.32. The van der Waals surface area contributed by atoms with Gasteiger partial charge in [-0.15, -0.1) is 0 Å². The van der Waals surface area contributed by atoms with Crippen molar-refractivity contribution >= 4 is 31.9 Å². The first-order chi connectivity index (χ1) is 8.09. The highest BCUT2D eigenvalue weighted by Gasteiger charge is 2.42. The van der Waals surface area contributed by atoms with Crippen LogP contribution < -0.4 is 5.73 Å². The molecule has 0 aromatic carbocycles. The number of nitrogens with zero attached hydrogens (tertiary/aromatic N) is 1. The molecule has 1 fully saturated rings. The third kappa shape index (κ3) is 2.56. The monoisotopic (exact) mass is 364 g/mol. The molecule has 6 heteroatoms. The third-order valence-electron chi connectivity index (χ3n) is 3.22. The van der Waals surface area contributed by atoms with Gasteiger partial charge in [0.25, 0.3) is 0 Å². The predicted octanol–water partition coefficient (Wildman–Crippen LogP) is 2.01. The number of aromatic nitrogens is 1. The van der Waals surface area contributed by atoms with Crippen LogP contribution in [-0.4, -0.2) is 29.8 Å². The number of hydrogen-bond acceptors (Lipinski definition) is 4. The lowest BCUT2D eigenvalue weighted by Crippen LogP contribution is -2.37. The first-order valence-corrected chi connectivity index (χ1v) is 6.94. The van der Waals surface area contributed by atoms with Gasteiger partial charge in [0.05, 0.1) is 12.3 Å². The number of pyridine rings is 1. The van der Waals surface area contributed by atoms with Crippen LogP contribution in [0.5, 0.6) is 0 Å². The summed E-state index contributed by atoms with van der Waals surface area (Å²) >= 11 is 6.75. The Bertz CT molecular complexity index is 408. The van der Waals surface area contributed by atoms with Crippen LogP contribution in [0.1, 0.15) is 18.2 Å². The summed E-state index contributed by atoms with van der Waals surface area (Å²) in [6, 6.07) is 1.87. The SMILES string of the molecule is NCC1(C(O)c2ncc(Br)cc2Br)CCOC1. The van der Waals surface area contributed by atoms with Crippen LogP contribution in [0.25, 0.3) is 0 Å². The second kappa shape index (κ2) is 5.32. The molecular formula is C11H14Br2N2O2. The lowest BCUT2D eigenvalue weighted by molar-refractivity contribution is 0.0157. The van der Waals surface area contributed by atoms with Crippen LogP contribution in [-0.2, 0) is 4.74 Å². The fourth-order valence-electron chi connectivity index (χ4n) is 2.03. The normalized spacial score (nSPS) is 26.1. The predicted molar refractivity (Wildman–Crippen MR) is 71.5 cm³/mol. The zero-order valence-corrected chi connectivity index (χ0v) is 12.4. The summed E-state index contributed by atoms with van der Waals surface area (Å²) in [4.78, 5) is 4.26. The number of aliphatic hydroxyl groups is 1. The van der Waals surface area contributed by atoms with E-state index in [1.165, 1.54) is 0 Å². The van der Waals surface area contributed by atoms with Crippen LogP contribution in [0.15, 0.2) is 21.2 Å². The summed E-state index contributed by atoms with van der Waals surface area (Å²) in [5, 5.41) is 10.5. The average Bonchev–Trinajstić information content (AvgIpc) is 2.78. The van der Waals surface area contributed by atoms with Gasteiger partial charge in [0.1, 0.15) is 6.10 Å². The lowest BCUT2D eigenvalue weighted by Gasteiger charge is -2.31. The summed E-state index contributed by atoms with van der Waals surface area (Å²) < 4.78 is 7.01. The van der Waals surface area contributed by atoms with Crippen molar-refractivity contribution in [2.75, 3.05) is 19.8 Å². The number of aliphatic hydroxyl groups excluding tert-OH is 1. The molecule has 1 aliphatic heterocycles. The van der Waals surface area contributed by atoms with Crippen molar-refractivity contribution in [1.29, 1.82) is 0 Å². The molecule has 0 spiro atoms. The molecule has 1 aromatic heterocycles. The molecule has 0 radical (unpaired) electrons. The van der Waals surface area contributed by atoms with Gasteiger partial charge in [-0.25, -0.2) is 0 Å². The largest absolute Gasteiger partial charge is 0.386 e. The minimum Gasteiger partial charge on any atom is -0.386 e. The fourth-order valence-corrected chi connectivity index (χ4v) is 3.23. The van der Waals surface area contributed by atoms with Crippen molar-refractivity contribution in [2.45, 2.75) is 12.5 Å². The molecule has 2 rings (SSSR count). The van der Waals surface area contributed by atoms with Crippen LogP contribution in [0.4, 0.5) is 0 Å². The standard InChI is InChI=1S/C11H14Br2N2O2/c12-7-3-8(13)9(15-4-7)10(16)11(5-14)1-2-17-6-11/h3-4,10,16H,1-2,5-6,14H2. The fraction of sp³-hybridized carbons (Fsp3) is 0.545. The Hall–Kier alpha value is -0.0100. The molecule has 0 bridgehead atoms. The molecule has 4 nitrogen and oxygen atoms in total. The van der Waals surface area contributed by atoms with Gasteiger partial charge in [0.15, 0.2) is 0 Å². The molecule has 17 heavy (non-hydrogen) atoms. The van der Waals surface area contributed by atoms with E-state index in [-0.39, 0.29) is 0 Å². The molecule has 0 saturated carbocycles. The van der Waals surface area contributed by atoms with Crippen molar-refractivity contribution in [1.82, 2.24) is 4.98 Å². The summed E-state index contributed by atoms with van der Waals surface area (Å²) in [6.07, 6.45) is 1.72. The first-order valence-electron chi connectivity index (χ1n) is 5.36. The van der Waals surface area contributed by atoms with E-state index in [9.17, 15) is 5.11 Å². The molecule has 1 aromatic rings. The summed E-state index contributed by atoms with van der Waals surface area (Å²) in [6.45, 7) is 1.51. The maximum absolute atomic E-state index is 10.5. The zero-order chi connectivity index (χ0) is 12.5. The van der Waals surface area contributed by atoms with Gasteiger partial charge >= 0.3 is 0 Å². The van der Waals surface area contributed by atoms with Crippen LogP contribution in [0, 0.1) is 5.41 Å². The number of halogens is 2. The molecule has 1 saturated heterocycles. The van der Waals surface area contributed by atoms with Crippen molar-refractivity contribution in [3.63, 3.8) is 0 Å². The smallest absolute Gasteiger partial charge is 0.106 e. The molecule has 2 heterocycles. The van der Waals surface area contributed by atoms with Crippen molar-refractivity contribution in [3.05, 3.63) is 26.9 Å². The van der Waals surface area contributed by atoms with E-state index < -0.39 is 11.5 Å². The van der Waals surface area contributed by atoms with Gasteiger partial charge in [-0.1, -0.05) is 0 Å². The maximum atomic E-state index is 10.5. The molecule has 0 amide bonds. The third-order valence-corrected chi connectivity index (χ3v) is 4.28. The summed E-state index contributed by atoms with van der Waals surface area (Å²) in [5.41, 5.74) is 6.00. The molecule has 3 N–H and O–H groups in total. The van der Waals surface area contributed by atoms with Gasteiger partial charge in [0, 0.05) is 33.7 Å². The van der Waals surface area contributed by atoms with Crippen molar-refractivity contribution in [3.8, 4) is 0 Å². The van der Waals surface area contributed by atoms with Gasteiger partial charge in [-0.05, 0) is 44.3 Å². The highest BCUT2D eigenvalue weighted by Crippen LogP contribution is 2.41. The minimum atomic E-state index is -0.711. The number of rotatable bonds is 3. The van der Waals surface area contributed by atoms with Gasteiger partial charge in [-0.2, -0.15) is 0 Å². The quantitative estimate of drug-likeness (QED) is 0.859. The van der Waals surface area contributed by atoms with E-state index in [0.717, 1.165) is 15.4 Å². The zero-order valence-electron chi connectivity index (χ0n) is 9.20. The summed E-state index contributed by atoms with van der Waals surface area (Å²) in [5.74, 6) is 0. The average molecular weight is 366 g/mol. The summed E-state index contributed by atoms with van der Waals surface area (Å²) in [7, 11) is 0. The Morgan fingerprint density at radius 2 is 2.35 bits per heavy atom. The van der Waals surface area contributed by atoms with E-state index in [1.54, 1.807) is 6.20 Å². The van der Waals surface area contributed by atoms with Crippen molar-refractivity contribution in [2.24, 2.45) is 11.1 Å². The topological polar surface area (TPSA) is 68.4 Å². The molecule has 2 unspecified atom stereocenters. The van der Waals surface area contributed by atoms with Crippen LogP contribution in [0.2, 0.25) is 0 Å². The lowest BCUT2D eigenvalue weighted by atomic mass is 9.80. The number of ether oxygens (including phenoxy) is 1. The maximum Gasteiger partial charge on any atom is 0.106 e. The van der Waals surface area contributed by atoms with Crippen LogP contribution >= 0.6 is 31.9 Å². The molecular weight excluding hydrogens is 352 g/mol. The Morgan fingerprint density at radius 1 is 1.59 bits per heavy atom. The number of hydrogen-bond donors (Lipinski definition) is 2. The molecule has 2 atom stereocenters. The molecule has 0 aliphatic carbocycles. The van der Waals surface area contributed by atoms with Gasteiger partial charge < -0.3 is 15.6 Å². The highest BCUT2D eigenvalue weighted by atomic mass is 79.9. The Labute approximate surface area is 117 Å². The Morgan fingerprint density at radius 3 is 2.88 bits per heavy atom. The second-order valence-corrected chi connectivity index (χ2v) is 6.06. The Kier molecular flexibility index (Phi) is 4.20. The minimum absolute atomic E-state index is 0.387. The number of nitrogens with two attached hydrogens (primary N) is 1.